The third kappa shape index (κ3) is 3.15. The Kier molecular flexibility index (Phi) is 4.46. The minimum absolute atomic E-state index is 0.137. The number of hydrogen-bond acceptors (Lipinski definition) is 6. The Balaban J connectivity index is 2.21. The number of rotatable bonds is 5. The molecule has 0 spiro atoms. The van der Waals surface area contributed by atoms with Gasteiger partial charge in [-0.25, -0.2) is 0 Å². The zero-order valence-electron chi connectivity index (χ0n) is 12.1. The molecule has 0 aliphatic rings. The van der Waals surface area contributed by atoms with E-state index in [0.29, 0.717) is 22.4 Å². The third-order valence-electron chi connectivity index (χ3n) is 3.18. The van der Waals surface area contributed by atoms with Gasteiger partial charge in [0.1, 0.15) is 0 Å². The highest BCUT2D eigenvalue weighted by molar-refractivity contribution is 7.98. The van der Waals surface area contributed by atoms with Crippen LogP contribution in [-0.4, -0.2) is 19.7 Å². The highest BCUT2D eigenvalue weighted by atomic mass is 32.2. The van der Waals surface area contributed by atoms with E-state index in [9.17, 15) is 10.1 Å². The second kappa shape index (κ2) is 6.13. The fourth-order valence-electron chi connectivity index (χ4n) is 2.04. The van der Waals surface area contributed by atoms with E-state index in [0.717, 1.165) is 5.56 Å². The van der Waals surface area contributed by atoms with Crippen LogP contribution in [0.4, 0.5) is 11.6 Å². The molecule has 21 heavy (non-hydrogen) atoms. The van der Waals surface area contributed by atoms with Gasteiger partial charge in [-0.15, -0.1) is 10.2 Å². The maximum absolute atomic E-state index is 11.0. The van der Waals surface area contributed by atoms with Crippen molar-refractivity contribution in [2.24, 2.45) is 0 Å². The zero-order chi connectivity index (χ0) is 15.6. The normalized spacial score (nSPS) is 11.0. The first kappa shape index (κ1) is 15.3. The van der Waals surface area contributed by atoms with Gasteiger partial charge in [0.15, 0.2) is 5.16 Å². The van der Waals surface area contributed by atoms with E-state index in [-0.39, 0.29) is 16.7 Å². The summed E-state index contributed by atoms with van der Waals surface area (Å²) >= 11 is 1.47. The Labute approximate surface area is 126 Å². The summed E-state index contributed by atoms with van der Waals surface area (Å²) in [6.45, 7) is 5.76. The largest absolute Gasteiger partial charge is 0.368 e. The van der Waals surface area contributed by atoms with Crippen LogP contribution in [0.5, 0.6) is 0 Å². The molecular weight excluding hydrogens is 290 g/mol. The molecule has 7 nitrogen and oxygen atoms in total. The second-order valence-corrected chi connectivity index (χ2v) is 5.85. The Morgan fingerprint density at radius 1 is 1.43 bits per heavy atom. The molecule has 8 heteroatoms. The first-order chi connectivity index (χ1) is 9.91. The van der Waals surface area contributed by atoms with Crippen molar-refractivity contribution in [1.29, 1.82) is 0 Å². The Hall–Kier alpha value is -2.09. The van der Waals surface area contributed by atoms with Gasteiger partial charge in [0.25, 0.3) is 5.69 Å². The SMILES string of the molecule is Cc1c(CSc2nnc(N)n2C(C)C)cccc1[N+](=O)[O-]. The lowest BCUT2D eigenvalue weighted by atomic mass is 10.1. The molecule has 0 fully saturated rings. The lowest BCUT2D eigenvalue weighted by molar-refractivity contribution is -0.385. The highest BCUT2D eigenvalue weighted by Crippen LogP contribution is 2.29. The van der Waals surface area contributed by atoms with E-state index < -0.39 is 0 Å². The van der Waals surface area contributed by atoms with Gasteiger partial charge >= 0.3 is 0 Å². The van der Waals surface area contributed by atoms with Gasteiger partial charge in [-0.2, -0.15) is 0 Å². The van der Waals surface area contributed by atoms with Crippen LogP contribution >= 0.6 is 11.8 Å². The maximum Gasteiger partial charge on any atom is 0.272 e. The average Bonchev–Trinajstić information content (AvgIpc) is 2.78. The molecule has 1 aromatic heterocycles. The molecule has 0 atom stereocenters. The van der Waals surface area contributed by atoms with Crippen LogP contribution in [0.15, 0.2) is 23.4 Å². The smallest absolute Gasteiger partial charge is 0.272 e. The molecule has 0 saturated carbocycles. The van der Waals surface area contributed by atoms with Gasteiger partial charge in [-0.1, -0.05) is 23.9 Å². The summed E-state index contributed by atoms with van der Waals surface area (Å²) in [5.41, 5.74) is 7.52. The van der Waals surface area contributed by atoms with Crippen molar-refractivity contribution in [3.8, 4) is 0 Å². The summed E-state index contributed by atoms with van der Waals surface area (Å²) in [7, 11) is 0. The van der Waals surface area contributed by atoms with Crippen molar-refractivity contribution in [2.45, 2.75) is 37.7 Å². The molecule has 1 heterocycles. The molecule has 0 saturated heterocycles. The number of nitro benzene ring substituents is 1. The van der Waals surface area contributed by atoms with Crippen LogP contribution < -0.4 is 5.73 Å². The molecule has 2 N–H and O–H groups in total. The van der Waals surface area contributed by atoms with Crippen molar-refractivity contribution in [3.05, 3.63) is 39.4 Å². The van der Waals surface area contributed by atoms with Gasteiger partial charge in [-0.05, 0) is 26.3 Å². The minimum Gasteiger partial charge on any atom is -0.368 e. The van der Waals surface area contributed by atoms with E-state index >= 15 is 0 Å². The van der Waals surface area contributed by atoms with Gasteiger partial charge < -0.3 is 5.73 Å². The topological polar surface area (TPSA) is 99.9 Å². The predicted molar refractivity (Wildman–Crippen MR) is 82.2 cm³/mol. The molecule has 0 bridgehead atoms. The summed E-state index contributed by atoms with van der Waals surface area (Å²) in [4.78, 5) is 10.6. The number of nitrogen functional groups attached to an aromatic ring is 1. The molecule has 0 unspecified atom stereocenters. The van der Waals surface area contributed by atoms with Crippen molar-refractivity contribution in [3.63, 3.8) is 0 Å². The van der Waals surface area contributed by atoms with Gasteiger partial charge in [0, 0.05) is 23.4 Å². The summed E-state index contributed by atoms with van der Waals surface area (Å²) < 4.78 is 1.84. The monoisotopic (exact) mass is 307 g/mol. The zero-order valence-corrected chi connectivity index (χ0v) is 12.9. The summed E-state index contributed by atoms with van der Waals surface area (Å²) in [5, 5.41) is 19.6. The highest BCUT2D eigenvalue weighted by Gasteiger charge is 2.16. The van der Waals surface area contributed by atoms with E-state index in [1.165, 1.54) is 17.8 Å². The number of aromatic nitrogens is 3. The van der Waals surface area contributed by atoms with Gasteiger partial charge in [0.2, 0.25) is 5.95 Å². The van der Waals surface area contributed by atoms with Crippen molar-refractivity contribution >= 4 is 23.4 Å². The number of anilines is 1. The maximum atomic E-state index is 11.0. The van der Waals surface area contributed by atoms with Crippen LogP contribution in [0.25, 0.3) is 0 Å². The van der Waals surface area contributed by atoms with Gasteiger partial charge in [-0.3, -0.25) is 14.7 Å². The molecule has 0 amide bonds. The predicted octanol–water partition coefficient (Wildman–Crippen LogP) is 2.95. The molecule has 1 aromatic carbocycles. The van der Waals surface area contributed by atoms with Crippen molar-refractivity contribution in [1.82, 2.24) is 14.8 Å². The quantitative estimate of drug-likeness (QED) is 0.518. The molecule has 0 aliphatic carbocycles. The van der Waals surface area contributed by atoms with Crippen LogP contribution in [0, 0.1) is 17.0 Å². The Morgan fingerprint density at radius 2 is 2.14 bits per heavy atom. The standard InChI is InChI=1S/C13H17N5O2S/c1-8(2)17-12(14)15-16-13(17)21-7-10-5-4-6-11(9(10)3)18(19)20/h4-6,8H,7H2,1-3H3,(H2,14,15). The van der Waals surface area contributed by atoms with Gasteiger partial charge in [0.05, 0.1) is 4.92 Å². The summed E-state index contributed by atoms with van der Waals surface area (Å²) in [5.74, 6) is 0.960. The molecule has 2 aromatic rings. The second-order valence-electron chi connectivity index (χ2n) is 4.91. The molecular formula is C13H17N5O2S. The first-order valence-electron chi connectivity index (χ1n) is 6.48. The number of benzene rings is 1. The molecule has 2 rings (SSSR count). The van der Waals surface area contributed by atoms with E-state index in [4.69, 9.17) is 5.73 Å². The van der Waals surface area contributed by atoms with E-state index in [1.807, 2.05) is 24.5 Å². The summed E-state index contributed by atoms with van der Waals surface area (Å²) in [6.07, 6.45) is 0. The van der Waals surface area contributed by atoms with Crippen LogP contribution in [0.3, 0.4) is 0 Å². The number of nitrogens with two attached hydrogens (primary N) is 1. The lowest BCUT2D eigenvalue weighted by Crippen LogP contribution is -2.07. The lowest BCUT2D eigenvalue weighted by Gasteiger charge is -2.11. The van der Waals surface area contributed by atoms with Crippen molar-refractivity contribution in [2.75, 3.05) is 5.73 Å². The first-order valence-corrected chi connectivity index (χ1v) is 7.46. The molecule has 112 valence electrons. The molecule has 0 aliphatic heterocycles. The van der Waals surface area contributed by atoms with E-state index in [1.54, 1.807) is 13.0 Å². The molecule has 0 radical (unpaired) electrons. The Morgan fingerprint density at radius 3 is 2.76 bits per heavy atom. The number of nitrogens with zero attached hydrogens (tertiary/aromatic N) is 4. The van der Waals surface area contributed by atoms with Crippen molar-refractivity contribution < 1.29 is 4.92 Å². The van der Waals surface area contributed by atoms with E-state index in [2.05, 4.69) is 10.2 Å². The number of nitro groups is 1. The third-order valence-corrected chi connectivity index (χ3v) is 4.17. The Bertz CT molecular complexity index is 669. The average molecular weight is 307 g/mol. The van der Waals surface area contributed by atoms with Crippen LogP contribution in [0.1, 0.15) is 31.0 Å². The van der Waals surface area contributed by atoms with Crippen LogP contribution in [0.2, 0.25) is 0 Å². The summed E-state index contributed by atoms with van der Waals surface area (Å²) in [6, 6.07) is 5.25. The number of hydrogen-bond donors (Lipinski definition) is 1. The minimum atomic E-state index is -0.363. The number of thioether (sulfide) groups is 1. The fourth-order valence-corrected chi connectivity index (χ4v) is 3.18. The van der Waals surface area contributed by atoms with Crippen LogP contribution in [-0.2, 0) is 5.75 Å². The fraction of sp³-hybridized carbons (Fsp3) is 0.385.